The van der Waals surface area contributed by atoms with Gasteiger partial charge in [-0.15, -0.1) is 0 Å². The van der Waals surface area contributed by atoms with E-state index in [1.165, 1.54) is 0 Å². The predicted octanol–water partition coefficient (Wildman–Crippen LogP) is 6.96. The number of carbonyl (C=O) groups excluding carboxylic acids is 3. The predicted molar refractivity (Wildman–Crippen MR) is 168 cm³/mol. The normalized spacial score (nSPS) is 16.4. The molecule has 2 saturated heterocycles. The molecule has 0 bridgehead atoms. The fourth-order valence-electron chi connectivity index (χ4n) is 4.32. The zero-order valence-electron chi connectivity index (χ0n) is 21.6. The summed E-state index contributed by atoms with van der Waals surface area (Å²) in [4.78, 5) is 42.0. The molecule has 2 aliphatic rings. The van der Waals surface area contributed by atoms with Crippen molar-refractivity contribution in [1.82, 2.24) is 4.90 Å². The minimum absolute atomic E-state index is 0.227. The summed E-state index contributed by atoms with van der Waals surface area (Å²) in [5.74, 6) is -0.381. The van der Waals surface area contributed by atoms with Gasteiger partial charge in [-0.05, 0) is 97.2 Å². The third-order valence-corrected chi connectivity index (χ3v) is 8.66. The first-order valence-corrected chi connectivity index (χ1v) is 15.4. The van der Waals surface area contributed by atoms with E-state index in [0.717, 1.165) is 27.9 Å². The monoisotopic (exact) mass is 719 g/mol. The van der Waals surface area contributed by atoms with Crippen LogP contribution in [-0.2, 0) is 20.9 Å². The van der Waals surface area contributed by atoms with Gasteiger partial charge in [-0.2, -0.15) is 0 Å². The lowest BCUT2D eigenvalue weighted by atomic mass is 10.2. The maximum atomic E-state index is 13.1. The highest BCUT2D eigenvalue weighted by Gasteiger charge is 2.36. The SMILES string of the molecule is O=C(CN1C(=O)S/C(=C/c2cc(Br)c(OCc3ccc(Cl)cc3)c(Br)c2)C1=O)Nc1ccccc1N1CCOCC1. The molecule has 0 atom stereocenters. The van der Waals surface area contributed by atoms with Gasteiger partial charge in [-0.25, -0.2) is 0 Å². The zero-order valence-corrected chi connectivity index (χ0v) is 26.3. The summed E-state index contributed by atoms with van der Waals surface area (Å²) in [6.45, 7) is 2.59. The van der Waals surface area contributed by atoms with Gasteiger partial charge in [0.05, 0.1) is 38.4 Å². The van der Waals surface area contributed by atoms with Crippen molar-refractivity contribution < 1.29 is 23.9 Å². The topological polar surface area (TPSA) is 88.2 Å². The molecule has 0 spiro atoms. The van der Waals surface area contributed by atoms with Crippen LogP contribution < -0.4 is 15.0 Å². The molecule has 3 aromatic carbocycles. The molecule has 2 fully saturated rings. The van der Waals surface area contributed by atoms with Crippen LogP contribution in [0.3, 0.4) is 0 Å². The van der Waals surface area contributed by atoms with Crippen molar-refractivity contribution in [2.75, 3.05) is 43.1 Å². The molecule has 3 aromatic rings. The van der Waals surface area contributed by atoms with Crippen molar-refractivity contribution >= 4 is 89.7 Å². The van der Waals surface area contributed by atoms with Crippen molar-refractivity contribution in [2.45, 2.75) is 6.61 Å². The Labute approximate surface area is 263 Å². The lowest BCUT2D eigenvalue weighted by molar-refractivity contribution is -0.127. The number of nitrogens with zero attached hydrogens (tertiary/aromatic N) is 2. The van der Waals surface area contributed by atoms with Gasteiger partial charge in [0.1, 0.15) is 18.9 Å². The summed E-state index contributed by atoms with van der Waals surface area (Å²) >= 11 is 13.8. The minimum Gasteiger partial charge on any atom is -0.487 e. The second-order valence-electron chi connectivity index (χ2n) is 9.16. The molecule has 12 heteroatoms. The van der Waals surface area contributed by atoms with Gasteiger partial charge in [0.25, 0.3) is 11.1 Å². The fraction of sp³-hybridized carbons (Fsp3) is 0.207. The quantitative estimate of drug-likeness (QED) is 0.252. The van der Waals surface area contributed by atoms with Crippen LogP contribution in [0.15, 0.2) is 74.5 Å². The number of morpholine rings is 1. The third-order valence-electron chi connectivity index (χ3n) is 6.32. The molecule has 0 saturated carbocycles. The van der Waals surface area contributed by atoms with Gasteiger partial charge in [0, 0.05) is 18.1 Å². The first-order valence-electron chi connectivity index (χ1n) is 12.6. The number of amides is 3. The van der Waals surface area contributed by atoms with E-state index in [1.54, 1.807) is 36.4 Å². The van der Waals surface area contributed by atoms with Crippen LogP contribution in [0, 0.1) is 0 Å². The molecular weight excluding hydrogens is 698 g/mol. The van der Waals surface area contributed by atoms with Crippen LogP contribution >= 0.6 is 55.2 Å². The molecule has 8 nitrogen and oxygen atoms in total. The molecule has 0 radical (unpaired) electrons. The van der Waals surface area contributed by atoms with Crippen LogP contribution in [0.5, 0.6) is 5.75 Å². The summed E-state index contributed by atoms with van der Waals surface area (Å²) in [5.41, 5.74) is 3.13. The Morgan fingerprint density at radius 3 is 2.44 bits per heavy atom. The molecular formula is C29H24Br2ClN3O5S. The summed E-state index contributed by atoms with van der Waals surface area (Å²) in [6, 6.07) is 18.4. The van der Waals surface area contributed by atoms with E-state index < -0.39 is 17.1 Å². The van der Waals surface area contributed by atoms with Gasteiger partial charge >= 0.3 is 0 Å². The largest absolute Gasteiger partial charge is 0.487 e. The molecule has 2 heterocycles. The number of rotatable bonds is 8. The average Bonchev–Trinajstić information content (AvgIpc) is 3.21. The van der Waals surface area contributed by atoms with Crippen LogP contribution in [-0.4, -0.2) is 54.8 Å². The summed E-state index contributed by atoms with van der Waals surface area (Å²) in [5, 5.41) is 3.01. The van der Waals surface area contributed by atoms with Gasteiger partial charge in [0.15, 0.2) is 0 Å². The smallest absolute Gasteiger partial charge is 0.294 e. The molecule has 1 N–H and O–H groups in total. The summed E-state index contributed by atoms with van der Waals surface area (Å²) in [6.07, 6.45) is 1.62. The van der Waals surface area contributed by atoms with E-state index in [-0.39, 0.29) is 11.4 Å². The van der Waals surface area contributed by atoms with E-state index in [2.05, 4.69) is 42.1 Å². The van der Waals surface area contributed by atoms with Gasteiger partial charge in [0.2, 0.25) is 5.91 Å². The number of para-hydroxylation sites is 2. The van der Waals surface area contributed by atoms with Gasteiger partial charge < -0.3 is 19.7 Å². The van der Waals surface area contributed by atoms with Crippen molar-refractivity contribution in [2.24, 2.45) is 0 Å². The number of nitrogens with one attached hydrogen (secondary N) is 1. The molecule has 0 aliphatic carbocycles. The Kier molecular flexibility index (Phi) is 9.72. The Morgan fingerprint density at radius 2 is 1.73 bits per heavy atom. The minimum atomic E-state index is -0.521. The van der Waals surface area contributed by atoms with E-state index >= 15 is 0 Å². The summed E-state index contributed by atoms with van der Waals surface area (Å²) < 4.78 is 12.7. The third kappa shape index (κ3) is 7.34. The Hall–Kier alpha value is -2.83. The molecule has 212 valence electrons. The number of ether oxygens (including phenoxy) is 2. The Balaban J connectivity index is 1.24. The van der Waals surface area contributed by atoms with E-state index in [9.17, 15) is 14.4 Å². The Bertz CT molecular complexity index is 1490. The first-order chi connectivity index (χ1) is 19.8. The van der Waals surface area contributed by atoms with Crippen LogP contribution in [0.1, 0.15) is 11.1 Å². The number of benzene rings is 3. The number of thioether (sulfide) groups is 1. The standard InChI is InChI=1S/C29H24Br2ClN3O5S/c30-21-13-19(14-22(31)27(21)40-17-18-5-7-20(32)8-6-18)15-25-28(37)35(29(38)41-25)16-26(36)33-23-3-1-2-4-24(23)34-9-11-39-12-10-34/h1-8,13-15H,9-12,16-17H2,(H,33,36)/b25-15+. The number of anilines is 2. The zero-order chi connectivity index (χ0) is 28.9. The maximum absolute atomic E-state index is 13.1. The molecule has 0 aromatic heterocycles. The number of hydrogen-bond acceptors (Lipinski definition) is 7. The van der Waals surface area contributed by atoms with E-state index in [1.807, 2.05) is 30.3 Å². The number of hydrogen-bond donors (Lipinski definition) is 1. The lowest BCUT2D eigenvalue weighted by Crippen LogP contribution is -2.38. The van der Waals surface area contributed by atoms with Gasteiger partial charge in [-0.1, -0.05) is 35.9 Å². The lowest BCUT2D eigenvalue weighted by Gasteiger charge is -2.30. The highest BCUT2D eigenvalue weighted by Crippen LogP contribution is 2.38. The fourth-order valence-corrected chi connectivity index (χ4v) is 6.73. The van der Waals surface area contributed by atoms with Crippen molar-refractivity contribution in [1.29, 1.82) is 0 Å². The molecule has 2 aliphatic heterocycles. The number of carbonyl (C=O) groups is 3. The van der Waals surface area contributed by atoms with Crippen molar-refractivity contribution in [3.05, 3.63) is 90.7 Å². The van der Waals surface area contributed by atoms with Crippen molar-refractivity contribution in [3.8, 4) is 5.75 Å². The molecule has 41 heavy (non-hydrogen) atoms. The number of imide groups is 1. The van der Waals surface area contributed by atoms with Crippen LogP contribution in [0.25, 0.3) is 6.08 Å². The first kappa shape index (κ1) is 29.7. The summed E-state index contributed by atoms with van der Waals surface area (Å²) in [7, 11) is 0. The van der Waals surface area contributed by atoms with E-state index in [4.69, 9.17) is 21.1 Å². The van der Waals surface area contributed by atoms with Crippen molar-refractivity contribution in [3.63, 3.8) is 0 Å². The highest BCUT2D eigenvalue weighted by molar-refractivity contribution is 9.11. The van der Waals surface area contributed by atoms with Gasteiger partial charge in [-0.3, -0.25) is 19.3 Å². The number of halogens is 3. The Morgan fingerprint density at radius 1 is 1.05 bits per heavy atom. The molecule has 5 rings (SSSR count). The highest BCUT2D eigenvalue weighted by atomic mass is 79.9. The maximum Gasteiger partial charge on any atom is 0.294 e. The molecule has 3 amide bonds. The second kappa shape index (κ2) is 13.4. The average molecular weight is 722 g/mol. The van der Waals surface area contributed by atoms with Crippen LogP contribution in [0.2, 0.25) is 5.02 Å². The molecule has 0 unspecified atom stereocenters. The van der Waals surface area contributed by atoms with Crippen LogP contribution in [0.4, 0.5) is 16.2 Å². The van der Waals surface area contributed by atoms with E-state index in [0.29, 0.717) is 63.9 Å². The second-order valence-corrected chi connectivity index (χ2v) is 12.3.